The van der Waals surface area contributed by atoms with Crippen LogP contribution in [0, 0.1) is 5.92 Å². The molecule has 94 valence electrons. The van der Waals surface area contributed by atoms with Gasteiger partial charge in [-0.3, -0.25) is 4.79 Å². The molecule has 1 saturated carbocycles. The van der Waals surface area contributed by atoms with E-state index in [9.17, 15) is 13.2 Å². The Kier molecular flexibility index (Phi) is 3.16. The number of hydrogen-bond acceptors (Lipinski definition) is 4. The third kappa shape index (κ3) is 2.47. The Bertz CT molecular complexity index is 496. The summed E-state index contributed by atoms with van der Waals surface area (Å²) in [5.41, 5.74) is 0. The number of nitrogens with one attached hydrogen (secondary N) is 2. The van der Waals surface area contributed by atoms with Gasteiger partial charge < -0.3 is 10.1 Å². The summed E-state index contributed by atoms with van der Waals surface area (Å²) in [6.45, 7) is 0. The van der Waals surface area contributed by atoms with Gasteiger partial charge in [0.15, 0.2) is 5.03 Å². The normalized spacial score (nSPS) is 24.9. The minimum atomic E-state index is -3.70. The van der Waals surface area contributed by atoms with E-state index in [4.69, 9.17) is 5.11 Å². The van der Waals surface area contributed by atoms with E-state index in [0.29, 0.717) is 19.3 Å². The van der Waals surface area contributed by atoms with Crippen molar-refractivity contribution in [2.45, 2.75) is 30.3 Å². The molecule has 8 heteroatoms. The monoisotopic (exact) mass is 259 g/mol. The highest BCUT2D eigenvalue weighted by Crippen LogP contribution is 2.26. The lowest BCUT2D eigenvalue weighted by Crippen LogP contribution is -2.40. The van der Waals surface area contributed by atoms with Gasteiger partial charge in [0.05, 0.1) is 18.4 Å². The standard InChI is InChI=1S/C9H13N3O4S/c13-9(14)6-2-1-3-7(6)12-17(15,16)8-4-10-5-11-8/h4-7,12H,1-3H2,(H,10,11)(H,13,14)/t6-,7+/m1/s1. The van der Waals surface area contributed by atoms with Gasteiger partial charge in [0.25, 0.3) is 10.0 Å². The van der Waals surface area contributed by atoms with E-state index in [1.165, 1.54) is 12.5 Å². The molecule has 3 N–H and O–H groups in total. The average molecular weight is 259 g/mol. The van der Waals surface area contributed by atoms with Crippen molar-refractivity contribution < 1.29 is 18.3 Å². The first-order chi connectivity index (χ1) is 8.00. The third-order valence-corrected chi connectivity index (χ3v) is 4.32. The minimum absolute atomic E-state index is 0.0476. The van der Waals surface area contributed by atoms with Crippen molar-refractivity contribution in [3.63, 3.8) is 0 Å². The molecule has 17 heavy (non-hydrogen) atoms. The van der Waals surface area contributed by atoms with Gasteiger partial charge in [-0.15, -0.1) is 0 Å². The van der Waals surface area contributed by atoms with Gasteiger partial charge in [-0.05, 0) is 12.8 Å². The summed E-state index contributed by atoms with van der Waals surface area (Å²) in [7, 11) is -3.70. The second-order valence-electron chi connectivity index (χ2n) is 4.02. The third-order valence-electron chi connectivity index (χ3n) is 2.90. The quantitative estimate of drug-likeness (QED) is 0.701. The van der Waals surface area contributed by atoms with Gasteiger partial charge in [0.1, 0.15) is 0 Å². The Hall–Kier alpha value is -1.41. The predicted octanol–water partition coefficient (Wildman–Crippen LogP) is -0.0587. The van der Waals surface area contributed by atoms with E-state index in [0.717, 1.165) is 0 Å². The van der Waals surface area contributed by atoms with Crippen LogP contribution >= 0.6 is 0 Å². The summed E-state index contributed by atoms with van der Waals surface area (Å²) < 4.78 is 26.1. The van der Waals surface area contributed by atoms with Gasteiger partial charge in [-0.2, -0.15) is 0 Å². The van der Waals surface area contributed by atoms with Crippen LogP contribution in [-0.2, 0) is 14.8 Å². The van der Waals surface area contributed by atoms with Crippen molar-refractivity contribution in [1.29, 1.82) is 0 Å². The molecule has 1 aliphatic rings. The van der Waals surface area contributed by atoms with E-state index in [1.807, 2.05) is 0 Å². The molecular weight excluding hydrogens is 246 g/mol. The fraction of sp³-hybridized carbons (Fsp3) is 0.556. The van der Waals surface area contributed by atoms with E-state index < -0.39 is 28.0 Å². The summed E-state index contributed by atoms with van der Waals surface area (Å²) in [6.07, 6.45) is 4.22. The average Bonchev–Trinajstić information content (AvgIpc) is 2.85. The number of aromatic nitrogens is 2. The van der Waals surface area contributed by atoms with E-state index >= 15 is 0 Å². The molecule has 0 spiro atoms. The van der Waals surface area contributed by atoms with E-state index in [2.05, 4.69) is 14.7 Å². The zero-order valence-electron chi connectivity index (χ0n) is 8.96. The molecule has 1 heterocycles. The number of sulfonamides is 1. The summed E-state index contributed by atoms with van der Waals surface area (Å²) in [6, 6.07) is -0.541. The van der Waals surface area contributed by atoms with Crippen molar-refractivity contribution >= 4 is 16.0 Å². The number of aromatic amines is 1. The van der Waals surface area contributed by atoms with Gasteiger partial charge in [0.2, 0.25) is 0 Å². The van der Waals surface area contributed by atoms with Crippen molar-refractivity contribution in [1.82, 2.24) is 14.7 Å². The van der Waals surface area contributed by atoms with Gasteiger partial charge in [0, 0.05) is 6.04 Å². The number of carboxylic acids is 1. The lowest BCUT2D eigenvalue weighted by atomic mass is 10.1. The number of carbonyl (C=O) groups is 1. The maximum atomic E-state index is 11.8. The Balaban J connectivity index is 2.14. The fourth-order valence-corrected chi connectivity index (χ4v) is 3.26. The molecule has 1 aromatic heterocycles. The molecule has 7 nitrogen and oxygen atoms in total. The van der Waals surface area contributed by atoms with Crippen LogP contribution in [0.2, 0.25) is 0 Å². The zero-order chi connectivity index (χ0) is 12.5. The Morgan fingerprint density at radius 1 is 1.53 bits per heavy atom. The van der Waals surface area contributed by atoms with Gasteiger partial charge >= 0.3 is 5.97 Å². The molecule has 2 rings (SSSR count). The number of imidazole rings is 1. The molecule has 0 radical (unpaired) electrons. The van der Waals surface area contributed by atoms with Crippen LogP contribution in [-0.4, -0.2) is 35.5 Å². The number of hydrogen-bond donors (Lipinski definition) is 3. The molecule has 0 aliphatic heterocycles. The van der Waals surface area contributed by atoms with Crippen LogP contribution in [0.25, 0.3) is 0 Å². The molecule has 0 aromatic carbocycles. The molecule has 2 atom stereocenters. The van der Waals surface area contributed by atoms with Crippen molar-refractivity contribution in [3.05, 3.63) is 12.5 Å². The number of rotatable bonds is 4. The minimum Gasteiger partial charge on any atom is -0.481 e. The molecular formula is C9H13N3O4S. The van der Waals surface area contributed by atoms with E-state index in [1.54, 1.807) is 0 Å². The number of aliphatic carboxylic acids is 1. The van der Waals surface area contributed by atoms with Gasteiger partial charge in [-0.1, -0.05) is 6.42 Å². The van der Waals surface area contributed by atoms with Crippen LogP contribution in [0.1, 0.15) is 19.3 Å². The first kappa shape index (κ1) is 12.1. The first-order valence-corrected chi connectivity index (χ1v) is 6.72. The molecule has 0 amide bonds. The summed E-state index contributed by atoms with van der Waals surface area (Å²) >= 11 is 0. The second-order valence-corrected chi connectivity index (χ2v) is 5.70. The van der Waals surface area contributed by atoms with Crippen molar-refractivity contribution in [2.24, 2.45) is 5.92 Å². The van der Waals surface area contributed by atoms with Gasteiger partial charge in [-0.25, -0.2) is 18.1 Å². The molecule has 0 saturated heterocycles. The first-order valence-electron chi connectivity index (χ1n) is 5.24. The Morgan fingerprint density at radius 3 is 2.88 bits per heavy atom. The lowest BCUT2D eigenvalue weighted by Gasteiger charge is -2.16. The summed E-state index contributed by atoms with van der Waals surface area (Å²) in [5.74, 6) is -1.60. The summed E-state index contributed by atoms with van der Waals surface area (Å²) in [5, 5.41) is 8.91. The van der Waals surface area contributed by atoms with Crippen LogP contribution in [0.15, 0.2) is 17.6 Å². The van der Waals surface area contributed by atoms with Crippen molar-refractivity contribution in [3.8, 4) is 0 Å². The molecule has 0 unspecified atom stereocenters. The predicted molar refractivity (Wildman–Crippen MR) is 57.7 cm³/mol. The second kappa shape index (κ2) is 4.46. The van der Waals surface area contributed by atoms with Crippen molar-refractivity contribution in [2.75, 3.05) is 0 Å². The number of H-pyrrole nitrogens is 1. The summed E-state index contributed by atoms with van der Waals surface area (Å²) in [4.78, 5) is 17.0. The van der Waals surface area contributed by atoms with E-state index in [-0.39, 0.29) is 5.03 Å². The van der Waals surface area contributed by atoms with Crippen LogP contribution in [0.4, 0.5) is 0 Å². The molecule has 1 aromatic rings. The number of carboxylic acid groups (broad SMARTS) is 1. The smallest absolute Gasteiger partial charge is 0.308 e. The maximum absolute atomic E-state index is 11.8. The Morgan fingerprint density at radius 2 is 2.29 bits per heavy atom. The topological polar surface area (TPSA) is 112 Å². The highest BCUT2D eigenvalue weighted by atomic mass is 32.2. The highest BCUT2D eigenvalue weighted by molar-refractivity contribution is 7.89. The Labute approximate surface area is 98.3 Å². The lowest BCUT2D eigenvalue weighted by molar-refractivity contribution is -0.141. The molecule has 0 bridgehead atoms. The van der Waals surface area contributed by atoms with Crippen LogP contribution in [0.5, 0.6) is 0 Å². The zero-order valence-corrected chi connectivity index (χ0v) is 9.77. The maximum Gasteiger partial charge on any atom is 0.308 e. The highest BCUT2D eigenvalue weighted by Gasteiger charge is 2.36. The SMILES string of the molecule is O=C(O)[C@@H]1CCC[C@@H]1NS(=O)(=O)c1cnc[nH]1. The molecule has 1 aliphatic carbocycles. The van der Waals surface area contributed by atoms with Crippen LogP contribution in [0.3, 0.4) is 0 Å². The van der Waals surface area contributed by atoms with Crippen LogP contribution < -0.4 is 4.72 Å². The fourth-order valence-electron chi connectivity index (χ4n) is 2.05. The number of nitrogens with zero attached hydrogens (tertiary/aromatic N) is 1. The largest absolute Gasteiger partial charge is 0.481 e. The molecule has 1 fully saturated rings.